The van der Waals surface area contributed by atoms with Crippen molar-refractivity contribution in [3.8, 4) is 0 Å². The zero-order chi connectivity index (χ0) is 10.7. The number of ketones is 1. The van der Waals surface area contributed by atoms with Crippen molar-refractivity contribution in [2.45, 2.75) is 13.5 Å². The van der Waals surface area contributed by atoms with Crippen LogP contribution in [-0.4, -0.2) is 30.5 Å². The summed E-state index contributed by atoms with van der Waals surface area (Å²) < 4.78 is 1.54. The van der Waals surface area contributed by atoms with E-state index in [2.05, 4.69) is 20.1 Å². The van der Waals surface area contributed by atoms with Crippen LogP contribution in [0.3, 0.4) is 0 Å². The van der Waals surface area contributed by atoms with Crippen molar-refractivity contribution in [2.75, 3.05) is 0 Å². The maximum absolute atomic E-state index is 11.9. The smallest absolute Gasteiger partial charge is 0.233 e. The second-order valence-corrected chi connectivity index (χ2v) is 2.86. The molecule has 0 fully saturated rings. The number of hydrogen-bond acceptors (Lipinski definition) is 5. The molecule has 2 heterocycles. The van der Waals surface area contributed by atoms with Crippen molar-refractivity contribution < 1.29 is 4.79 Å². The largest absolute Gasteiger partial charge is 0.285 e. The van der Waals surface area contributed by atoms with Crippen molar-refractivity contribution in [3.05, 3.63) is 36.4 Å². The molecule has 0 N–H and O–H groups in total. The minimum Gasteiger partial charge on any atom is -0.285 e. The Kier molecular flexibility index (Phi) is 2.49. The van der Waals surface area contributed by atoms with Crippen LogP contribution < -0.4 is 0 Å². The maximum atomic E-state index is 11.9. The predicted octanol–water partition coefficient (Wildman–Crippen LogP) is 0.319. The molecule has 0 saturated carbocycles. The number of nitrogens with zero attached hydrogens (tertiary/aromatic N) is 5. The average Bonchev–Trinajstić information content (AvgIpc) is 2.77. The van der Waals surface area contributed by atoms with Crippen LogP contribution >= 0.6 is 0 Å². The van der Waals surface area contributed by atoms with E-state index in [0.717, 1.165) is 0 Å². The summed E-state index contributed by atoms with van der Waals surface area (Å²) in [5.41, 5.74) is 0.417. The van der Waals surface area contributed by atoms with Crippen LogP contribution in [-0.2, 0) is 6.54 Å². The Morgan fingerprint density at radius 1 is 1.33 bits per heavy atom. The molecule has 0 unspecified atom stereocenters. The number of aromatic nitrogens is 5. The van der Waals surface area contributed by atoms with Crippen LogP contribution in [0.5, 0.6) is 0 Å². The van der Waals surface area contributed by atoms with E-state index in [1.807, 2.05) is 6.92 Å². The van der Waals surface area contributed by atoms with Crippen molar-refractivity contribution in [2.24, 2.45) is 0 Å². The molecule has 0 atom stereocenters. The second kappa shape index (κ2) is 3.95. The SMILES string of the molecule is CCn1ncnc1C(=O)c1cncnc1. The Hall–Kier alpha value is -2.11. The molecule has 2 aromatic heterocycles. The van der Waals surface area contributed by atoms with E-state index in [9.17, 15) is 4.79 Å². The van der Waals surface area contributed by atoms with E-state index in [1.54, 1.807) is 0 Å². The molecule has 15 heavy (non-hydrogen) atoms. The van der Waals surface area contributed by atoms with Crippen LogP contribution in [0.4, 0.5) is 0 Å². The molecule has 0 aliphatic carbocycles. The van der Waals surface area contributed by atoms with Crippen molar-refractivity contribution in [3.63, 3.8) is 0 Å². The Labute approximate surface area is 86.0 Å². The summed E-state index contributed by atoms with van der Waals surface area (Å²) in [7, 11) is 0. The average molecular weight is 203 g/mol. The van der Waals surface area contributed by atoms with Crippen LogP contribution in [0.25, 0.3) is 0 Å². The molecule has 6 heteroatoms. The number of hydrogen-bond donors (Lipinski definition) is 0. The van der Waals surface area contributed by atoms with Gasteiger partial charge in [0, 0.05) is 18.9 Å². The molecule has 0 radical (unpaired) electrons. The molecule has 0 aliphatic heterocycles. The van der Waals surface area contributed by atoms with Crippen molar-refractivity contribution >= 4 is 5.78 Å². The summed E-state index contributed by atoms with van der Waals surface area (Å²) in [5, 5.41) is 3.93. The van der Waals surface area contributed by atoms with E-state index < -0.39 is 0 Å². The predicted molar refractivity (Wildman–Crippen MR) is 51.2 cm³/mol. The fraction of sp³-hybridized carbons (Fsp3) is 0.222. The Morgan fingerprint density at radius 3 is 2.73 bits per heavy atom. The molecule has 2 rings (SSSR count). The van der Waals surface area contributed by atoms with Gasteiger partial charge in [0.25, 0.3) is 0 Å². The standard InChI is InChI=1S/C9H9N5O/c1-2-14-9(12-6-13-14)8(15)7-3-10-5-11-4-7/h3-6H,2H2,1H3. The lowest BCUT2D eigenvalue weighted by atomic mass is 10.2. The fourth-order valence-electron chi connectivity index (χ4n) is 1.22. The van der Waals surface area contributed by atoms with Gasteiger partial charge in [-0.15, -0.1) is 0 Å². The summed E-state index contributed by atoms with van der Waals surface area (Å²) in [6.45, 7) is 2.50. The lowest BCUT2D eigenvalue weighted by Crippen LogP contribution is -2.12. The van der Waals surface area contributed by atoms with Gasteiger partial charge in [0.15, 0.2) is 5.82 Å². The zero-order valence-electron chi connectivity index (χ0n) is 8.16. The van der Waals surface area contributed by atoms with E-state index >= 15 is 0 Å². The van der Waals surface area contributed by atoms with Gasteiger partial charge in [-0.1, -0.05) is 0 Å². The topological polar surface area (TPSA) is 73.6 Å². The second-order valence-electron chi connectivity index (χ2n) is 2.86. The zero-order valence-corrected chi connectivity index (χ0v) is 8.16. The fourth-order valence-corrected chi connectivity index (χ4v) is 1.22. The third-order valence-corrected chi connectivity index (χ3v) is 1.94. The minimum absolute atomic E-state index is 0.213. The van der Waals surface area contributed by atoms with Crippen LogP contribution in [0, 0.1) is 0 Å². The van der Waals surface area contributed by atoms with Gasteiger partial charge in [0.05, 0.1) is 5.56 Å². The summed E-state index contributed by atoms with van der Waals surface area (Å²) in [6, 6.07) is 0. The van der Waals surface area contributed by atoms with E-state index in [4.69, 9.17) is 0 Å². The highest BCUT2D eigenvalue weighted by molar-refractivity contribution is 6.06. The first-order valence-electron chi connectivity index (χ1n) is 4.50. The van der Waals surface area contributed by atoms with Gasteiger partial charge < -0.3 is 0 Å². The van der Waals surface area contributed by atoms with Gasteiger partial charge in [0.2, 0.25) is 5.78 Å². The number of carbonyl (C=O) groups is 1. The normalized spacial score (nSPS) is 10.2. The molecule has 0 spiro atoms. The Balaban J connectivity index is 2.37. The van der Waals surface area contributed by atoms with Gasteiger partial charge in [-0.3, -0.25) is 4.79 Å². The first-order valence-corrected chi connectivity index (χ1v) is 4.50. The molecule has 0 amide bonds. The molecule has 0 saturated heterocycles. The highest BCUT2D eigenvalue weighted by atomic mass is 16.1. The summed E-state index contributed by atoms with van der Waals surface area (Å²) in [4.78, 5) is 23.4. The molecule has 0 bridgehead atoms. The maximum Gasteiger partial charge on any atom is 0.233 e. The van der Waals surface area contributed by atoms with Gasteiger partial charge in [-0.2, -0.15) is 5.10 Å². The first kappa shape index (κ1) is 9.45. The van der Waals surface area contributed by atoms with Gasteiger partial charge in [0.1, 0.15) is 12.7 Å². The highest BCUT2D eigenvalue weighted by Gasteiger charge is 2.15. The molecular formula is C9H9N5O. The quantitative estimate of drug-likeness (QED) is 0.671. The summed E-state index contributed by atoms with van der Waals surface area (Å²) >= 11 is 0. The lowest BCUT2D eigenvalue weighted by Gasteiger charge is -2.00. The van der Waals surface area contributed by atoms with Gasteiger partial charge >= 0.3 is 0 Å². The molecule has 76 valence electrons. The highest BCUT2D eigenvalue weighted by Crippen LogP contribution is 2.04. The van der Waals surface area contributed by atoms with E-state index in [-0.39, 0.29) is 5.78 Å². The molecule has 0 aliphatic rings. The molecule has 2 aromatic rings. The first-order chi connectivity index (χ1) is 7.33. The number of rotatable bonds is 3. The van der Waals surface area contributed by atoms with Gasteiger partial charge in [-0.25, -0.2) is 19.6 Å². The third kappa shape index (κ3) is 1.74. The van der Waals surface area contributed by atoms with Crippen LogP contribution in [0.1, 0.15) is 23.1 Å². The Morgan fingerprint density at radius 2 is 2.07 bits per heavy atom. The summed E-state index contributed by atoms with van der Waals surface area (Å²) in [6.07, 6.45) is 5.66. The lowest BCUT2D eigenvalue weighted by molar-refractivity contribution is 0.102. The third-order valence-electron chi connectivity index (χ3n) is 1.94. The van der Waals surface area contributed by atoms with Crippen molar-refractivity contribution in [1.29, 1.82) is 0 Å². The molecule has 0 aromatic carbocycles. The number of aryl methyl sites for hydroxylation is 1. The monoisotopic (exact) mass is 203 g/mol. The molecular weight excluding hydrogens is 194 g/mol. The van der Waals surface area contributed by atoms with E-state index in [1.165, 1.54) is 29.7 Å². The minimum atomic E-state index is -0.213. The van der Waals surface area contributed by atoms with E-state index in [0.29, 0.717) is 17.9 Å². The Bertz CT molecular complexity index is 464. The van der Waals surface area contributed by atoms with Gasteiger partial charge in [-0.05, 0) is 6.92 Å². The van der Waals surface area contributed by atoms with Crippen LogP contribution in [0.2, 0.25) is 0 Å². The van der Waals surface area contributed by atoms with Crippen molar-refractivity contribution in [1.82, 2.24) is 24.7 Å². The summed E-state index contributed by atoms with van der Waals surface area (Å²) in [5.74, 6) is 0.0993. The number of carbonyl (C=O) groups excluding carboxylic acids is 1. The molecule has 6 nitrogen and oxygen atoms in total. The van der Waals surface area contributed by atoms with Crippen LogP contribution in [0.15, 0.2) is 25.0 Å².